The number of hydrogen-bond donors (Lipinski definition) is 0. The maximum atomic E-state index is 12.8. The van der Waals surface area contributed by atoms with Gasteiger partial charge in [0.2, 0.25) is 10.0 Å². The summed E-state index contributed by atoms with van der Waals surface area (Å²) in [7, 11) is -1.86. The minimum atomic E-state index is -3.55. The van der Waals surface area contributed by atoms with Crippen molar-refractivity contribution in [1.29, 1.82) is 0 Å². The summed E-state index contributed by atoms with van der Waals surface area (Å²) in [4.78, 5) is 14.3. The first-order valence-corrected chi connectivity index (χ1v) is 9.16. The zero-order valence-electron chi connectivity index (χ0n) is 13.3. The lowest BCUT2D eigenvalue weighted by atomic mass is 9.96. The van der Waals surface area contributed by atoms with Crippen molar-refractivity contribution < 1.29 is 13.2 Å². The van der Waals surface area contributed by atoms with Crippen molar-refractivity contribution in [3.05, 3.63) is 65.7 Å². The smallest absolute Gasteiger partial charge is 0.259 e. The summed E-state index contributed by atoms with van der Waals surface area (Å²) in [6, 6.07) is 16.6. The molecule has 122 valence electrons. The number of rotatable bonds is 3. The number of allylic oxidation sites excluding steroid dienone is 1. The molecule has 0 saturated carbocycles. The molecule has 0 fully saturated rings. The molecule has 0 atom stereocenters. The maximum Gasteiger partial charge on any atom is 0.259 e. The van der Waals surface area contributed by atoms with Crippen LogP contribution in [0.15, 0.2) is 59.0 Å². The molecule has 1 aliphatic rings. The van der Waals surface area contributed by atoms with Gasteiger partial charge in [-0.15, -0.1) is 0 Å². The topological polar surface area (TPSA) is 66.8 Å². The molecule has 5 nitrogen and oxygen atoms in total. The third kappa shape index (κ3) is 3.00. The third-order valence-electron chi connectivity index (χ3n) is 3.78. The first-order chi connectivity index (χ1) is 11.4. The maximum absolute atomic E-state index is 12.8. The van der Waals surface area contributed by atoms with Crippen molar-refractivity contribution in [1.82, 2.24) is 0 Å². The average Bonchev–Trinajstić information content (AvgIpc) is 2.81. The quantitative estimate of drug-likeness (QED) is 0.637. The second-order valence-corrected chi connectivity index (χ2v) is 7.18. The van der Waals surface area contributed by atoms with Gasteiger partial charge in [-0.2, -0.15) is 4.40 Å². The van der Waals surface area contributed by atoms with Gasteiger partial charge >= 0.3 is 0 Å². The number of likely N-dealkylation sites (N-methyl/N-ethyl adjacent to an activating group) is 1. The number of carbonyl (C=O) groups excluding carboxylic acids is 1. The molecule has 2 aromatic carbocycles. The van der Waals surface area contributed by atoms with E-state index in [1.165, 1.54) is 6.21 Å². The van der Waals surface area contributed by atoms with E-state index in [-0.39, 0.29) is 5.91 Å². The summed E-state index contributed by atoms with van der Waals surface area (Å²) in [5, 5.41) is 0. The van der Waals surface area contributed by atoms with Crippen molar-refractivity contribution in [3.63, 3.8) is 0 Å². The molecule has 0 radical (unpaired) electrons. The Labute approximate surface area is 141 Å². The average molecular weight is 340 g/mol. The van der Waals surface area contributed by atoms with E-state index >= 15 is 0 Å². The first kappa shape index (κ1) is 16.1. The minimum Gasteiger partial charge on any atom is -0.311 e. The summed E-state index contributed by atoms with van der Waals surface area (Å²) in [5.74, 6) is -0.185. The van der Waals surface area contributed by atoms with E-state index in [0.29, 0.717) is 11.1 Å². The minimum absolute atomic E-state index is 0.185. The van der Waals surface area contributed by atoms with Gasteiger partial charge in [-0.25, -0.2) is 8.42 Å². The van der Waals surface area contributed by atoms with Crippen molar-refractivity contribution in [3.8, 4) is 0 Å². The summed E-state index contributed by atoms with van der Waals surface area (Å²) < 4.78 is 26.5. The van der Waals surface area contributed by atoms with E-state index in [4.69, 9.17) is 0 Å². The molecule has 6 heteroatoms. The summed E-state index contributed by atoms with van der Waals surface area (Å²) in [6.07, 6.45) is 2.28. The molecule has 0 aliphatic carbocycles. The van der Waals surface area contributed by atoms with Crippen LogP contribution < -0.4 is 4.90 Å². The van der Waals surface area contributed by atoms with Crippen molar-refractivity contribution in [2.75, 3.05) is 18.2 Å². The summed E-state index contributed by atoms with van der Waals surface area (Å²) >= 11 is 0. The highest BCUT2D eigenvalue weighted by atomic mass is 32.2. The Balaban J connectivity index is 2.31. The van der Waals surface area contributed by atoms with Crippen molar-refractivity contribution >= 4 is 39.0 Å². The van der Waals surface area contributed by atoms with Crippen LogP contribution in [-0.2, 0) is 14.8 Å². The molecule has 0 saturated heterocycles. The molecular formula is C18H16N2O3S. The molecule has 1 heterocycles. The van der Waals surface area contributed by atoms with Crippen molar-refractivity contribution in [2.24, 2.45) is 4.40 Å². The highest BCUT2D eigenvalue weighted by molar-refractivity contribution is 7.89. The Hall–Kier alpha value is -2.73. The van der Waals surface area contributed by atoms with E-state index in [1.54, 1.807) is 11.9 Å². The van der Waals surface area contributed by atoms with Gasteiger partial charge in [0.1, 0.15) is 0 Å². The summed E-state index contributed by atoms with van der Waals surface area (Å²) in [5.41, 5.74) is 3.23. The van der Waals surface area contributed by atoms with Crippen LogP contribution in [-0.4, -0.2) is 33.8 Å². The highest BCUT2D eigenvalue weighted by Crippen LogP contribution is 2.39. The zero-order valence-corrected chi connectivity index (χ0v) is 14.1. The van der Waals surface area contributed by atoms with Crippen LogP contribution in [0.3, 0.4) is 0 Å². The standard InChI is InChI=1S/C18H16N2O3S/c1-20-16-11-7-6-10-14(16)17(18(20)21)15(12-19-24(2,22)23)13-8-4-3-5-9-13/h3-12H,1-2H3/b17-15+,19-12-. The van der Waals surface area contributed by atoms with Crippen LogP contribution in [0.5, 0.6) is 0 Å². The van der Waals surface area contributed by atoms with Crippen LogP contribution >= 0.6 is 0 Å². The van der Waals surface area contributed by atoms with Crippen LogP contribution in [0.4, 0.5) is 5.69 Å². The first-order valence-electron chi connectivity index (χ1n) is 7.31. The highest BCUT2D eigenvalue weighted by Gasteiger charge is 2.31. The second kappa shape index (κ2) is 6.05. The number of sulfonamides is 1. The molecule has 0 spiro atoms. The van der Waals surface area contributed by atoms with E-state index in [2.05, 4.69) is 4.40 Å². The number of para-hydroxylation sites is 1. The van der Waals surface area contributed by atoms with E-state index in [0.717, 1.165) is 23.1 Å². The van der Waals surface area contributed by atoms with Crippen LogP contribution in [0.1, 0.15) is 11.1 Å². The lowest BCUT2D eigenvalue weighted by molar-refractivity contribution is -0.112. The molecule has 0 aromatic heterocycles. The molecule has 0 N–H and O–H groups in total. The van der Waals surface area contributed by atoms with Gasteiger partial charge in [0, 0.05) is 24.4 Å². The third-order valence-corrected chi connectivity index (χ3v) is 4.27. The van der Waals surface area contributed by atoms with Gasteiger partial charge in [0.05, 0.1) is 17.5 Å². The van der Waals surface area contributed by atoms with Gasteiger partial charge in [-0.05, 0) is 11.6 Å². The lowest BCUT2D eigenvalue weighted by Crippen LogP contribution is -2.21. The predicted molar refractivity (Wildman–Crippen MR) is 96.4 cm³/mol. The number of nitrogens with zero attached hydrogens (tertiary/aromatic N) is 2. The molecule has 1 amide bonds. The Morgan fingerprint density at radius 3 is 2.33 bits per heavy atom. The van der Waals surface area contributed by atoms with Crippen molar-refractivity contribution in [2.45, 2.75) is 0 Å². The van der Waals surface area contributed by atoms with E-state index in [9.17, 15) is 13.2 Å². The fourth-order valence-electron chi connectivity index (χ4n) is 2.68. The fourth-order valence-corrected chi connectivity index (χ4v) is 2.98. The second-order valence-electron chi connectivity index (χ2n) is 5.50. The molecule has 2 aromatic rings. The number of anilines is 1. The van der Waals surface area contributed by atoms with E-state index in [1.807, 2.05) is 54.6 Å². The van der Waals surface area contributed by atoms with Gasteiger partial charge in [0.15, 0.2) is 0 Å². The monoisotopic (exact) mass is 340 g/mol. The van der Waals surface area contributed by atoms with E-state index < -0.39 is 10.0 Å². The number of hydrogen-bond acceptors (Lipinski definition) is 3. The largest absolute Gasteiger partial charge is 0.311 e. The fraction of sp³-hybridized carbons (Fsp3) is 0.111. The Kier molecular flexibility index (Phi) is 4.07. The van der Waals surface area contributed by atoms with Gasteiger partial charge < -0.3 is 4.90 Å². The van der Waals surface area contributed by atoms with Gasteiger partial charge in [-0.1, -0.05) is 48.5 Å². The Bertz CT molecular complexity index is 961. The molecule has 1 aliphatic heterocycles. The van der Waals surface area contributed by atoms with Gasteiger partial charge in [-0.3, -0.25) is 4.79 Å². The molecule has 0 unspecified atom stereocenters. The Morgan fingerprint density at radius 2 is 1.67 bits per heavy atom. The number of amides is 1. The van der Waals surface area contributed by atoms with Crippen LogP contribution in [0.25, 0.3) is 11.1 Å². The molecule has 3 rings (SSSR count). The van der Waals surface area contributed by atoms with Crippen LogP contribution in [0, 0.1) is 0 Å². The molecule has 0 bridgehead atoms. The van der Waals surface area contributed by atoms with Gasteiger partial charge in [0.25, 0.3) is 5.91 Å². The number of benzene rings is 2. The molecular weight excluding hydrogens is 324 g/mol. The number of carbonyl (C=O) groups is 1. The van der Waals surface area contributed by atoms with Crippen LogP contribution in [0.2, 0.25) is 0 Å². The number of fused-ring (bicyclic) bond motifs is 1. The Morgan fingerprint density at radius 1 is 1.04 bits per heavy atom. The molecule has 24 heavy (non-hydrogen) atoms. The SMILES string of the molecule is CN1C(=O)/C(=C(\C=N/S(C)(=O)=O)c2ccccc2)c2ccccc21. The normalized spacial score (nSPS) is 16.6. The summed E-state index contributed by atoms with van der Waals surface area (Å²) in [6.45, 7) is 0. The zero-order chi connectivity index (χ0) is 17.3. The predicted octanol–water partition coefficient (Wildman–Crippen LogP) is 2.60. The lowest BCUT2D eigenvalue weighted by Gasteiger charge is -2.09.